The predicted octanol–water partition coefficient (Wildman–Crippen LogP) is 2.20. The Morgan fingerprint density at radius 2 is 1.71 bits per heavy atom. The fourth-order valence-electron chi connectivity index (χ4n) is 3.13. The first kappa shape index (κ1) is 20.0. The lowest BCUT2D eigenvalue weighted by molar-refractivity contribution is -0.131. The minimum atomic E-state index is -3.57. The number of carbonyl (C=O) groups excluding carboxylic acids is 2. The van der Waals surface area contributed by atoms with Crippen LogP contribution in [0.2, 0.25) is 0 Å². The van der Waals surface area contributed by atoms with Crippen LogP contribution >= 0.6 is 0 Å². The van der Waals surface area contributed by atoms with Crippen molar-refractivity contribution in [1.29, 1.82) is 0 Å². The molecule has 0 spiro atoms. The maximum atomic E-state index is 12.7. The van der Waals surface area contributed by atoms with Crippen LogP contribution in [0.4, 0.5) is 0 Å². The Morgan fingerprint density at radius 3 is 2.36 bits per heavy atom. The molecule has 7 nitrogen and oxygen atoms in total. The zero-order chi connectivity index (χ0) is 20.1. The highest BCUT2D eigenvalue weighted by Gasteiger charge is 2.27. The Hall–Kier alpha value is -2.71. The first-order valence-corrected chi connectivity index (χ1v) is 10.5. The molecule has 1 amide bonds. The third-order valence-electron chi connectivity index (χ3n) is 4.50. The van der Waals surface area contributed by atoms with Crippen LogP contribution in [-0.4, -0.2) is 44.3 Å². The van der Waals surface area contributed by atoms with Gasteiger partial charge in [-0.1, -0.05) is 24.3 Å². The van der Waals surface area contributed by atoms with Gasteiger partial charge in [0.05, 0.1) is 4.90 Å². The van der Waals surface area contributed by atoms with Crippen LogP contribution in [0.15, 0.2) is 59.5 Å². The number of likely N-dealkylation sites (tertiary alicyclic amines) is 1. The van der Waals surface area contributed by atoms with Crippen molar-refractivity contribution in [3.63, 3.8) is 0 Å². The highest BCUT2D eigenvalue weighted by molar-refractivity contribution is 7.89. The topological polar surface area (TPSA) is 92.8 Å². The van der Waals surface area contributed by atoms with Gasteiger partial charge in [-0.25, -0.2) is 13.1 Å². The van der Waals surface area contributed by atoms with E-state index in [1.165, 1.54) is 13.0 Å². The summed E-state index contributed by atoms with van der Waals surface area (Å²) >= 11 is 0. The summed E-state index contributed by atoms with van der Waals surface area (Å²) in [6.07, 6.45) is 1.06. The molecule has 1 fully saturated rings. The van der Waals surface area contributed by atoms with Crippen LogP contribution in [0.1, 0.15) is 30.1 Å². The summed E-state index contributed by atoms with van der Waals surface area (Å²) in [6, 6.07) is 14.5. The number of carbonyl (C=O) groups is 2. The van der Waals surface area contributed by atoms with Gasteiger partial charge >= 0.3 is 5.97 Å². The number of rotatable bonds is 5. The molecule has 2 aromatic rings. The van der Waals surface area contributed by atoms with E-state index in [9.17, 15) is 18.0 Å². The summed E-state index contributed by atoms with van der Waals surface area (Å²) in [5.41, 5.74) is 0.432. The van der Waals surface area contributed by atoms with Crippen LogP contribution in [-0.2, 0) is 14.8 Å². The Labute approximate surface area is 164 Å². The molecule has 3 rings (SSSR count). The van der Waals surface area contributed by atoms with Crippen molar-refractivity contribution in [2.24, 2.45) is 0 Å². The summed E-state index contributed by atoms with van der Waals surface area (Å²) in [4.78, 5) is 25.7. The molecule has 1 aliphatic rings. The van der Waals surface area contributed by atoms with Gasteiger partial charge in [-0.15, -0.1) is 0 Å². The predicted molar refractivity (Wildman–Crippen MR) is 103 cm³/mol. The van der Waals surface area contributed by atoms with E-state index in [4.69, 9.17) is 4.74 Å². The number of hydrogen-bond donors (Lipinski definition) is 1. The summed E-state index contributed by atoms with van der Waals surface area (Å²) in [6.45, 7) is 2.19. The average molecular weight is 402 g/mol. The highest BCUT2D eigenvalue weighted by atomic mass is 32.2. The van der Waals surface area contributed by atoms with Crippen LogP contribution < -0.4 is 9.46 Å². The molecule has 0 aromatic heterocycles. The molecule has 1 saturated heterocycles. The largest absolute Gasteiger partial charge is 0.427 e. The quantitative estimate of drug-likeness (QED) is 0.611. The van der Waals surface area contributed by atoms with Gasteiger partial charge in [-0.05, 0) is 43.2 Å². The molecule has 0 aliphatic carbocycles. The van der Waals surface area contributed by atoms with Gasteiger partial charge in [0, 0.05) is 31.6 Å². The number of sulfonamides is 1. The fraction of sp³-hybridized carbons (Fsp3) is 0.300. The minimum absolute atomic E-state index is 0.168. The molecular formula is C20H22N2O5S. The highest BCUT2D eigenvalue weighted by Crippen LogP contribution is 2.19. The maximum Gasteiger partial charge on any atom is 0.308 e. The Balaban J connectivity index is 1.59. The van der Waals surface area contributed by atoms with E-state index in [-0.39, 0.29) is 16.8 Å². The average Bonchev–Trinajstić information content (AvgIpc) is 2.68. The first-order chi connectivity index (χ1) is 13.3. The number of benzene rings is 2. The lowest BCUT2D eigenvalue weighted by atomic mass is 10.0. The molecular weight excluding hydrogens is 380 g/mol. The van der Waals surface area contributed by atoms with Crippen molar-refractivity contribution in [1.82, 2.24) is 9.62 Å². The maximum absolute atomic E-state index is 12.7. The summed E-state index contributed by atoms with van der Waals surface area (Å²) in [7, 11) is -3.57. The van der Waals surface area contributed by atoms with E-state index in [1.54, 1.807) is 53.4 Å². The third-order valence-corrected chi connectivity index (χ3v) is 6.04. The molecule has 148 valence electrons. The van der Waals surface area contributed by atoms with E-state index in [2.05, 4.69) is 4.72 Å². The molecule has 0 radical (unpaired) electrons. The zero-order valence-electron chi connectivity index (χ0n) is 15.5. The minimum Gasteiger partial charge on any atom is -0.427 e. The van der Waals surface area contributed by atoms with Crippen molar-refractivity contribution in [2.75, 3.05) is 13.1 Å². The van der Waals surface area contributed by atoms with E-state index in [0.29, 0.717) is 37.2 Å². The number of nitrogens with one attached hydrogen (secondary N) is 1. The smallest absolute Gasteiger partial charge is 0.308 e. The van der Waals surface area contributed by atoms with E-state index < -0.39 is 16.0 Å². The van der Waals surface area contributed by atoms with Gasteiger partial charge < -0.3 is 9.64 Å². The van der Waals surface area contributed by atoms with Crippen molar-refractivity contribution in [3.8, 4) is 5.75 Å². The molecule has 1 heterocycles. The van der Waals surface area contributed by atoms with E-state index in [0.717, 1.165) is 0 Å². The van der Waals surface area contributed by atoms with Crippen LogP contribution in [0, 0.1) is 0 Å². The van der Waals surface area contributed by atoms with Crippen molar-refractivity contribution >= 4 is 21.9 Å². The van der Waals surface area contributed by atoms with Gasteiger partial charge in [0.1, 0.15) is 5.75 Å². The summed E-state index contributed by atoms with van der Waals surface area (Å²) < 4.78 is 32.6. The molecule has 1 aliphatic heterocycles. The molecule has 2 aromatic carbocycles. The van der Waals surface area contributed by atoms with Crippen molar-refractivity contribution in [3.05, 3.63) is 60.2 Å². The summed E-state index contributed by atoms with van der Waals surface area (Å²) in [5.74, 6) is -0.293. The van der Waals surface area contributed by atoms with Gasteiger partial charge in [-0.3, -0.25) is 9.59 Å². The Morgan fingerprint density at radius 1 is 1.04 bits per heavy atom. The van der Waals surface area contributed by atoms with Crippen molar-refractivity contribution < 1.29 is 22.7 Å². The molecule has 0 saturated carbocycles. The monoisotopic (exact) mass is 402 g/mol. The van der Waals surface area contributed by atoms with Crippen LogP contribution in [0.3, 0.4) is 0 Å². The van der Waals surface area contributed by atoms with Gasteiger partial charge in [-0.2, -0.15) is 0 Å². The molecule has 8 heteroatoms. The number of hydrogen-bond acceptors (Lipinski definition) is 5. The number of piperidine rings is 1. The molecule has 1 N–H and O–H groups in total. The number of amides is 1. The lowest BCUT2D eigenvalue weighted by Gasteiger charge is -2.32. The van der Waals surface area contributed by atoms with Gasteiger partial charge in [0.2, 0.25) is 10.0 Å². The van der Waals surface area contributed by atoms with Crippen LogP contribution in [0.5, 0.6) is 5.75 Å². The SMILES string of the molecule is CC(=O)Oc1cccc(C(=O)N2CCC(NS(=O)(=O)c3ccccc3)CC2)c1. The third kappa shape index (κ3) is 4.96. The fourth-order valence-corrected chi connectivity index (χ4v) is 4.45. The lowest BCUT2D eigenvalue weighted by Crippen LogP contribution is -2.46. The molecule has 0 atom stereocenters. The van der Waals surface area contributed by atoms with Gasteiger partial charge in [0.15, 0.2) is 0 Å². The van der Waals surface area contributed by atoms with E-state index >= 15 is 0 Å². The Kier molecular flexibility index (Phi) is 6.11. The normalized spacial score (nSPS) is 15.2. The number of nitrogens with zero attached hydrogens (tertiary/aromatic N) is 1. The van der Waals surface area contributed by atoms with E-state index in [1.807, 2.05) is 0 Å². The number of ether oxygens (including phenoxy) is 1. The molecule has 28 heavy (non-hydrogen) atoms. The van der Waals surface area contributed by atoms with Gasteiger partial charge in [0.25, 0.3) is 5.91 Å². The van der Waals surface area contributed by atoms with Crippen LogP contribution in [0.25, 0.3) is 0 Å². The first-order valence-electron chi connectivity index (χ1n) is 9.00. The van der Waals surface area contributed by atoms with Crippen molar-refractivity contribution in [2.45, 2.75) is 30.7 Å². The second-order valence-corrected chi connectivity index (χ2v) is 8.34. The Bertz CT molecular complexity index is 952. The summed E-state index contributed by atoms with van der Waals surface area (Å²) in [5, 5.41) is 0. The zero-order valence-corrected chi connectivity index (χ0v) is 16.3. The second kappa shape index (κ2) is 8.53. The number of esters is 1. The molecule has 0 unspecified atom stereocenters. The molecule has 0 bridgehead atoms. The second-order valence-electron chi connectivity index (χ2n) is 6.62. The standard InChI is InChI=1S/C20H22N2O5S/c1-15(23)27-18-7-5-6-16(14-18)20(24)22-12-10-17(11-13-22)21-28(25,26)19-8-3-2-4-9-19/h2-9,14,17,21H,10-13H2,1H3.